The number of amides is 1. The Morgan fingerprint density at radius 2 is 1.95 bits per heavy atom. The second kappa shape index (κ2) is 9.70. The molecule has 1 aromatic carbocycles. The van der Waals surface area contributed by atoms with Crippen molar-refractivity contribution in [3.63, 3.8) is 0 Å². The molecule has 1 atom stereocenters. The van der Waals surface area contributed by atoms with E-state index in [0.29, 0.717) is 41.1 Å². The number of hydrogen-bond donors (Lipinski definition) is 3. The molecule has 4 N–H and O–H groups in total. The Kier molecular flexibility index (Phi) is 6.25. The van der Waals surface area contributed by atoms with Gasteiger partial charge in [0.15, 0.2) is 11.4 Å². The number of aliphatic hydroxyl groups is 1. The van der Waals surface area contributed by atoms with Crippen molar-refractivity contribution < 1.29 is 23.1 Å². The third-order valence-corrected chi connectivity index (χ3v) is 7.35. The van der Waals surface area contributed by atoms with Crippen molar-refractivity contribution in [2.45, 2.75) is 44.5 Å². The molecule has 0 saturated heterocycles. The van der Waals surface area contributed by atoms with Gasteiger partial charge in [0.2, 0.25) is 0 Å². The highest BCUT2D eigenvalue weighted by Gasteiger charge is 2.42. The summed E-state index contributed by atoms with van der Waals surface area (Å²) in [7, 11) is 0. The fourth-order valence-electron chi connectivity index (χ4n) is 5.37. The zero-order chi connectivity index (χ0) is 28.9. The van der Waals surface area contributed by atoms with Crippen molar-refractivity contribution in [3.8, 4) is 11.3 Å². The van der Waals surface area contributed by atoms with Gasteiger partial charge in [-0.3, -0.25) is 13.9 Å². The number of anilines is 2. The van der Waals surface area contributed by atoms with Crippen LogP contribution in [0.2, 0.25) is 0 Å². The van der Waals surface area contributed by atoms with Gasteiger partial charge >= 0.3 is 6.18 Å². The number of nitrogens with two attached hydrogens (primary N) is 1. The summed E-state index contributed by atoms with van der Waals surface area (Å²) in [5, 5.41) is 18.9. The van der Waals surface area contributed by atoms with Crippen molar-refractivity contribution in [1.29, 1.82) is 0 Å². The number of rotatable bonds is 5. The van der Waals surface area contributed by atoms with Crippen LogP contribution < -0.4 is 11.1 Å². The van der Waals surface area contributed by atoms with E-state index in [9.17, 15) is 23.1 Å². The number of fused-ring (bicyclic) bond motifs is 2. The van der Waals surface area contributed by atoms with Crippen molar-refractivity contribution in [1.82, 2.24) is 29.1 Å². The molecule has 0 spiro atoms. The molecule has 1 aliphatic carbocycles. The van der Waals surface area contributed by atoms with Gasteiger partial charge in [0, 0.05) is 47.5 Å². The third-order valence-electron chi connectivity index (χ3n) is 7.35. The first-order valence-corrected chi connectivity index (χ1v) is 13.0. The lowest BCUT2D eigenvalue weighted by molar-refractivity contribution is -0.137. The lowest BCUT2D eigenvalue weighted by Crippen LogP contribution is -2.34. The maximum atomic E-state index is 13.0. The summed E-state index contributed by atoms with van der Waals surface area (Å²) in [6.07, 6.45) is 3.32. The zero-order valence-corrected chi connectivity index (χ0v) is 21.9. The minimum atomic E-state index is -4.56. The van der Waals surface area contributed by atoms with Gasteiger partial charge in [-0.2, -0.15) is 18.3 Å². The van der Waals surface area contributed by atoms with Crippen molar-refractivity contribution >= 4 is 23.1 Å². The van der Waals surface area contributed by atoms with Crippen LogP contribution in [0.25, 0.3) is 16.8 Å². The molecule has 0 radical (unpaired) electrons. The van der Waals surface area contributed by atoms with Gasteiger partial charge in [0.25, 0.3) is 5.91 Å². The van der Waals surface area contributed by atoms with E-state index in [1.54, 1.807) is 28.9 Å². The van der Waals surface area contributed by atoms with E-state index in [2.05, 4.69) is 20.4 Å². The van der Waals surface area contributed by atoms with Gasteiger partial charge < -0.3 is 16.2 Å². The number of hydrogen-bond acceptors (Lipinski definition) is 7. The maximum absolute atomic E-state index is 13.0. The van der Waals surface area contributed by atoms with Gasteiger partial charge in [0.1, 0.15) is 22.8 Å². The molecule has 4 aromatic heterocycles. The van der Waals surface area contributed by atoms with Crippen LogP contribution in [0.3, 0.4) is 0 Å². The number of halogens is 3. The van der Waals surface area contributed by atoms with Crippen LogP contribution >= 0.6 is 0 Å². The first-order chi connectivity index (χ1) is 19.6. The number of alkyl halides is 3. The lowest BCUT2D eigenvalue weighted by atomic mass is 9.82. The molecule has 0 fully saturated rings. The maximum Gasteiger partial charge on any atom is 0.416 e. The van der Waals surface area contributed by atoms with Gasteiger partial charge in [-0.05, 0) is 50.5 Å². The Morgan fingerprint density at radius 1 is 1.17 bits per heavy atom. The molecule has 0 unspecified atom stereocenters. The van der Waals surface area contributed by atoms with E-state index >= 15 is 0 Å². The second-order valence-corrected chi connectivity index (χ2v) is 9.81. The standard InChI is InChI=1S/C28H25F3N8O2/c1-2-39-20-4-3-10-27(41,19(20)15-35-39)26-37-22(23-24(32)34-12-13-38(23)26)16-5-7-17(8-6-16)25(40)36-21-14-18(9-11-33-21)28(29,30)31/h5-9,11-15,41H,2-4,10H2,1H3,(H2,32,34)(H,33,36,40)/t27-/m1/s1. The first-order valence-electron chi connectivity index (χ1n) is 13.0. The molecule has 1 aliphatic rings. The number of benzene rings is 1. The number of nitrogens with one attached hydrogen (secondary N) is 1. The first kappa shape index (κ1) is 26.4. The summed E-state index contributed by atoms with van der Waals surface area (Å²) < 4.78 is 42.7. The van der Waals surface area contributed by atoms with Crippen molar-refractivity contribution in [2.75, 3.05) is 11.1 Å². The van der Waals surface area contributed by atoms with Crippen LogP contribution in [0.4, 0.5) is 24.8 Å². The molecule has 6 rings (SSSR count). The van der Waals surface area contributed by atoms with Gasteiger partial charge in [0.05, 0.1) is 11.8 Å². The van der Waals surface area contributed by atoms with Crippen LogP contribution in [-0.4, -0.2) is 40.1 Å². The number of nitrogens with zero attached hydrogens (tertiary/aromatic N) is 6. The van der Waals surface area contributed by atoms with E-state index in [-0.39, 0.29) is 17.2 Å². The number of carbonyl (C=O) groups is 1. The summed E-state index contributed by atoms with van der Waals surface area (Å²) in [6.45, 7) is 2.68. The number of carbonyl (C=O) groups excluding carboxylic acids is 1. The van der Waals surface area contributed by atoms with E-state index in [1.807, 2.05) is 11.6 Å². The summed E-state index contributed by atoms with van der Waals surface area (Å²) in [5.41, 5.74) is 7.39. The molecule has 13 heteroatoms. The van der Waals surface area contributed by atoms with Gasteiger partial charge in [-0.1, -0.05) is 12.1 Å². The van der Waals surface area contributed by atoms with E-state index in [0.717, 1.165) is 36.9 Å². The quantitative estimate of drug-likeness (QED) is 0.288. The Labute approximate surface area is 231 Å². The molecule has 210 valence electrons. The van der Waals surface area contributed by atoms with E-state index < -0.39 is 23.2 Å². The summed E-state index contributed by atoms with van der Waals surface area (Å²) in [6, 6.07) is 7.95. The number of aromatic nitrogens is 6. The number of aryl methyl sites for hydroxylation is 1. The Morgan fingerprint density at radius 3 is 2.68 bits per heavy atom. The predicted molar refractivity (Wildman–Crippen MR) is 144 cm³/mol. The summed E-state index contributed by atoms with van der Waals surface area (Å²) in [5.74, 6) is -0.255. The second-order valence-electron chi connectivity index (χ2n) is 9.81. The topological polar surface area (TPSA) is 136 Å². The smallest absolute Gasteiger partial charge is 0.382 e. The molecule has 5 aromatic rings. The lowest BCUT2D eigenvalue weighted by Gasteiger charge is -2.31. The largest absolute Gasteiger partial charge is 0.416 e. The van der Waals surface area contributed by atoms with Crippen LogP contribution in [0.5, 0.6) is 0 Å². The zero-order valence-electron chi connectivity index (χ0n) is 21.9. The molecular weight excluding hydrogens is 537 g/mol. The van der Waals surface area contributed by atoms with Crippen molar-refractivity contribution in [2.24, 2.45) is 0 Å². The molecule has 0 bridgehead atoms. The molecule has 1 amide bonds. The minimum absolute atomic E-state index is 0.199. The molecule has 41 heavy (non-hydrogen) atoms. The number of imidazole rings is 1. The predicted octanol–water partition coefficient (Wildman–Crippen LogP) is 4.43. The summed E-state index contributed by atoms with van der Waals surface area (Å²) >= 11 is 0. The minimum Gasteiger partial charge on any atom is -0.382 e. The van der Waals surface area contributed by atoms with Gasteiger partial charge in [-0.15, -0.1) is 0 Å². The Bertz CT molecular complexity index is 1780. The highest BCUT2D eigenvalue weighted by Crippen LogP contribution is 2.42. The molecule has 0 saturated carbocycles. The average Bonchev–Trinajstić information content (AvgIpc) is 3.57. The molecule has 4 heterocycles. The third kappa shape index (κ3) is 4.47. The fraction of sp³-hybridized carbons (Fsp3) is 0.250. The van der Waals surface area contributed by atoms with Crippen LogP contribution in [0.1, 0.15) is 52.8 Å². The normalized spacial score (nSPS) is 17.0. The Hall–Kier alpha value is -4.78. The monoisotopic (exact) mass is 562 g/mol. The average molecular weight is 563 g/mol. The van der Waals surface area contributed by atoms with E-state index in [1.165, 1.54) is 18.3 Å². The highest BCUT2D eigenvalue weighted by molar-refractivity contribution is 6.04. The number of pyridine rings is 1. The van der Waals surface area contributed by atoms with Crippen LogP contribution in [0.15, 0.2) is 61.2 Å². The fourth-order valence-corrected chi connectivity index (χ4v) is 5.37. The molecular formula is C28H25F3N8O2. The summed E-state index contributed by atoms with van der Waals surface area (Å²) in [4.78, 5) is 25.7. The van der Waals surface area contributed by atoms with Crippen LogP contribution in [-0.2, 0) is 24.7 Å². The number of nitrogen functional groups attached to an aromatic ring is 1. The Balaban J connectivity index is 1.36. The van der Waals surface area contributed by atoms with Gasteiger partial charge in [-0.25, -0.2) is 15.0 Å². The molecule has 0 aliphatic heterocycles. The van der Waals surface area contributed by atoms with E-state index in [4.69, 9.17) is 10.7 Å². The van der Waals surface area contributed by atoms with Crippen molar-refractivity contribution in [3.05, 3.63) is 89.4 Å². The molecule has 10 nitrogen and oxygen atoms in total. The van der Waals surface area contributed by atoms with Crippen LogP contribution in [0, 0.1) is 0 Å². The SMILES string of the molecule is CCn1ncc2c1CCC[C@]2(O)c1nc(-c2ccc(C(=O)Nc3cc(C(F)(F)F)ccn3)cc2)c2c(N)nccn12. The highest BCUT2D eigenvalue weighted by atomic mass is 19.4.